The predicted molar refractivity (Wildman–Crippen MR) is 116 cm³/mol. The van der Waals surface area contributed by atoms with Crippen LogP contribution in [0.15, 0.2) is 40.9 Å². The number of rotatable bonds is 12. The van der Waals surface area contributed by atoms with Crippen molar-refractivity contribution < 1.29 is 19.0 Å². The molecule has 0 aliphatic heterocycles. The van der Waals surface area contributed by atoms with Crippen LogP contribution in [-0.4, -0.2) is 24.9 Å². The van der Waals surface area contributed by atoms with E-state index in [1.807, 2.05) is 19.1 Å². The summed E-state index contributed by atoms with van der Waals surface area (Å²) in [6.45, 7) is 4.42. The van der Waals surface area contributed by atoms with Gasteiger partial charge in [-0.05, 0) is 72.4 Å². The Morgan fingerprint density at radius 2 is 1.89 bits per heavy atom. The second-order valence-electron chi connectivity index (χ2n) is 6.18. The summed E-state index contributed by atoms with van der Waals surface area (Å²) < 4.78 is 26.2. The molecule has 0 amide bonds. The van der Waals surface area contributed by atoms with Gasteiger partial charge in [0.15, 0.2) is 11.5 Å². The molecule has 0 spiro atoms. The molecule has 2 aromatic carbocycles. The Kier molecular flexibility index (Phi) is 12.1. The molecular formula is C21H28BrClFNO3. The minimum atomic E-state index is -0.284. The molecule has 0 saturated heterocycles. The molecule has 0 bridgehead atoms. The van der Waals surface area contributed by atoms with Crippen LogP contribution in [0.2, 0.25) is 0 Å². The molecule has 0 saturated carbocycles. The van der Waals surface area contributed by atoms with E-state index >= 15 is 0 Å². The molecule has 0 aliphatic carbocycles. The Hall–Kier alpha value is -1.34. The second kappa shape index (κ2) is 13.8. The van der Waals surface area contributed by atoms with E-state index in [9.17, 15) is 4.39 Å². The summed E-state index contributed by atoms with van der Waals surface area (Å²) in [5, 5.41) is 12.2. The average Bonchev–Trinajstić information content (AvgIpc) is 2.65. The van der Waals surface area contributed by atoms with Crippen LogP contribution < -0.4 is 14.8 Å². The Labute approximate surface area is 181 Å². The zero-order valence-electron chi connectivity index (χ0n) is 16.0. The van der Waals surface area contributed by atoms with Crippen molar-refractivity contribution in [2.45, 2.75) is 39.3 Å². The van der Waals surface area contributed by atoms with Gasteiger partial charge >= 0.3 is 0 Å². The van der Waals surface area contributed by atoms with Crippen LogP contribution in [0, 0.1) is 5.82 Å². The maximum atomic E-state index is 13.8. The fourth-order valence-electron chi connectivity index (χ4n) is 2.66. The van der Waals surface area contributed by atoms with Gasteiger partial charge in [0.25, 0.3) is 0 Å². The van der Waals surface area contributed by atoms with Crippen LogP contribution in [0.1, 0.15) is 37.3 Å². The van der Waals surface area contributed by atoms with Crippen LogP contribution in [0.25, 0.3) is 0 Å². The lowest BCUT2D eigenvalue weighted by Gasteiger charge is -2.16. The number of aliphatic hydroxyl groups excluding tert-OH is 1. The first-order chi connectivity index (χ1) is 13.2. The summed E-state index contributed by atoms with van der Waals surface area (Å²) in [4.78, 5) is 0. The first kappa shape index (κ1) is 24.7. The maximum Gasteiger partial charge on any atom is 0.175 e. The fourth-order valence-corrected chi connectivity index (χ4v) is 3.27. The van der Waals surface area contributed by atoms with E-state index in [0.717, 1.165) is 35.8 Å². The van der Waals surface area contributed by atoms with E-state index in [0.29, 0.717) is 30.2 Å². The molecule has 4 nitrogen and oxygen atoms in total. The molecule has 2 N–H and O–H groups in total. The summed E-state index contributed by atoms with van der Waals surface area (Å²) in [5.41, 5.74) is 1.58. The van der Waals surface area contributed by atoms with Crippen molar-refractivity contribution in [2.75, 3.05) is 19.8 Å². The Bertz CT molecular complexity index is 718. The quantitative estimate of drug-likeness (QED) is 0.411. The van der Waals surface area contributed by atoms with Gasteiger partial charge in [-0.2, -0.15) is 0 Å². The summed E-state index contributed by atoms with van der Waals surface area (Å²) in [5.74, 6) is 0.931. The number of benzene rings is 2. The fraction of sp³-hybridized carbons (Fsp3) is 0.429. The molecule has 0 fully saturated rings. The van der Waals surface area contributed by atoms with Gasteiger partial charge in [-0.3, -0.25) is 0 Å². The zero-order valence-corrected chi connectivity index (χ0v) is 18.5. The smallest absolute Gasteiger partial charge is 0.175 e. The number of ether oxygens (including phenoxy) is 2. The standard InChI is InChI=1S/C21H27BrFNO3.ClH/c1-2-26-20-13-16(14-24-10-6-3-7-11-25)12-18(22)21(20)27-15-17-8-4-5-9-19(17)23;/h4-5,8-9,12-13,24-25H,2-3,6-7,10-11,14-15H2,1H3;1H. The lowest BCUT2D eigenvalue weighted by atomic mass is 10.2. The molecule has 7 heteroatoms. The first-order valence-electron chi connectivity index (χ1n) is 9.28. The third-order valence-corrected chi connectivity index (χ3v) is 4.63. The highest BCUT2D eigenvalue weighted by molar-refractivity contribution is 9.10. The van der Waals surface area contributed by atoms with Crippen molar-refractivity contribution in [3.63, 3.8) is 0 Å². The molecule has 0 aromatic heterocycles. The monoisotopic (exact) mass is 475 g/mol. The first-order valence-corrected chi connectivity index (χ1v) is 10.1. The van der Waals surface area contributed by atoms with Crippen molar-refractivity contribution in [3.8, 4) is 11.5 Å². The summed E-state index contributed by atoms with van der Waals surface area (Å²) in [6, 6.07) is 10.5. The third kappa shape index (κ3) is 7.95. The summed E-state index contributed by atoms with van der Waals surface area (Å²) in [6.07, 6.45) is 2.89. The number of nitrogens with one attached hydrogen (secondary N) is 1. The number of hydrogen-bond donors (Lipinski definition) is 2. The molecular weight excluding hydrogens is 449 g/mol. The van der Waals surface area contributed by atoms with Gasteiger partial charge in [0.1, 0.15) is 12.4 Å². The van der Waals surface area contributed by atoms with Gasteiger partial charge < -0.3 is 19.9 Å². The topological polar surface area (TPSA) is 50.7 Å². The normalized spacial score (nSPS) is 10.4. The van der Waals surface area contributed by atoms with Crippen LogP contribution in [-0.2, 0) is 13.2 Å². The minimum absolute atomic E-state index is 0. The number of unbranched alkanes of at least 4 members (excludes halogenated alkanes) is 2. The Morgan fingerprint density at radius 1 is 1.11 bits per heavy atom. The van der Waals surface area contributed by atoms with Gasteiger partial charge in [0.05, 0.1) is 11.1 Å². The molecule has 0 unspecified atom stereocenters. The van der Waals surface area contributed by atoms with E-state index in [4.69, 9.17) is 14.6 Å². The van der Waals surface area contributed by atoms with Crippen LogP contribution >= 0.6 is 28.3 Å². The van der Waals surface area contributed by atoms with Crippen molar-refractivity contribution in [3.05, 3.63) is 57.8 Å². The SMILES string of the molecule is CCOc1cc(CNCCCCCO)cc(Br)c1OCc1ccccc1F.Cl. The van der Waals surface area contributed by atoms with Gasteiger partial charge in [-0.25, -0.2) is 4.39 Å². The van der Waals surface area contributed by atoms with Crippen LogP contribution in [0.4, 0.5) is 4.39 Å². The van der Waals surface area contributed by atoms with E-state index in [1.165, 1.54) is 6.07 Å². The van der Waals surface area contributed by atoms with E-state index in [1.54, 1.807) is 18.2 Å². The Balaban J connectivity index is 0.00000392. The van der Waals surface area contributed by atoms with Crippen LogP contribution in [0.3, 0.4) is 0 Å². The predicted octanol–water partition coefficient (Wildman–Crippen LogP) is 5.24. The largest absolute Gasteiger partial charge is 0.490 e. The molecule has 28 heavy (non-hydrogen) atoms. The van der Waals surface area contributed by atoms with Gasteiger partial charge in [0, 0.05) is 18.7 Å². The third-order valence-electron chi connectivity index (χ3n) is 4.04. The highest BCUT2D eigenvalue weighted by atomic mass is 79.9. The number of hydrogen-bond acceptors (Lipinski definition) is 4. The number of halogens is 3. The van der Waals surface area contributed by atoms with Crippen molar-refractivity contribution in [2.24, 2.45) is 0 Å². The van der Waals surface area contributed by atoms with Crippen molar-refractivity contribution in [1.82, 2.24) is 5.32 Å². The highest BCUT2D eigenvalue weighted by Crippen LogP contribution is 2.37. The second-order valence-corrected chi connectivity index (χ2v) is 7.03. The zero-order chi connectivity index (χ0) is 19.5. The molecule has 2 aromatic rings. The minimum Gasteiger partial charge on any atom is -0.490 e. The van der Waals surface area contributed by atoms with E-state index in [-0.39, 0.29) is 31.4 Å². The van der Waals surface area contributed by atoms with E-state index in [2.05, 4.69) is 21.2 Å². The lowest BCUT2D eigenvalue weighted by Crippen LogP contribution is -2.15. The molecule has 0 aliphatic rings. The van der Waals surface area contributed by atoms with Gasteiger partial charge in [-0.1, -0.05) is 18.2 Å². The van der Waals surface area contributed by atoms with Crippen molar-refractivity contribution >= 4 is 28.3 Å². The van der Waals surface area contributed by atoms with Gasteiger partial charge in [0.2, 0.25) is 0 Å². The molecule has 2 rings (SSSR count). The average molecular weight is 477 g/mol. The molecule has 0 heterocycles. The summed E-state index contributed by atoms with van der Waals surface area (Å²) >= 11 is 3.55. The Morgan fingerprint density at radius 3 is 2.61 bits per heavy atom. The summed E-state index contributed by atoms with van der Waals surface area (Å²) in [7, 11) is 0. The lowest BCUT2D eigenvalue weighted by molar-refractivity contribution is 0.264. The van der Waals surface area contributed by atoms with Crippen LogP contribution in [0.5, 0.6) is 11.5 Å². The van der Waals surface area contributed by atoms with E-state index < -0.39 is 0 Å². The van der Waals surface area contributed by atoms with Crippen molar-refractivity contribution in [1.29, 1.82) is 0 Å². The van der Waals surface area contributed by atoms with Gasteiger partial charge in [-0.15, -0.1) is 12.4 Å². The molecule has 0 radical (unpaired) electrons. The maximum absolute atomic E-state index is 13.8. The molecule has 156 valence electrons. The molecule has 0 atom stereocenters. The number of aliphatic hydroxyl groups is 1. The highest BCUT2D eigenvalue weighted by Gasteiger charge is 2.13.